The summed E-state index contributed by atoms with van der Waals surface area (Å²) in [6.07, 6.45) is -5.95. The number of nitrogens with zero attached hydrogens (tertiary/aromatic N) is 1. The number of thiazole rings is 1. The Morgan fingerprint density at radius 2 is 2.00 bits per heavy atom. The molecule has 0 aliphatic rings. The Kier molecular flexibility index (Phi) is 4.06. The first-order chi connectivity index (χ1) is 6.96. The fourth-order valence-electron chi connectivity index (χ4n) is 1.02. The quantitative estimate of drug-likeness (QED) is 0.759. The molecule has 0 saturated carbocycles. The molecular weight excluding hydrogens is 231 g/mol. The van der Waals surface area contributed by atoms with Crippen LogP contribution in [-0.4, -0.2) is 25.4 Å². The average molecular weight is 241 g/mol. The first-order valence-corrected chi connectivity index (χ1v) is 4.91. The molecule has 0 amide bonds. The number of rotatable bonds is 4. The zero-order valence-electron chi connectivity index (χ0n) is 8.17. The summed E-state index contributed by atoms with van der Waals surface area (Å²) in [4.78, 5) is 3.79. The summed E-state index contributed by atoms with van der Waals surface area (Å²) in [7, 11) is 2.80. The number of hydrogen-bond acceptors (Lipinski definition) is 4. The smallest absolute Gasteiger partial charge is 0.350 e. The van der Waals surface area contributed by atoms with Gasteiger partial charge in [-0.1, -0.05) is 0 Å². The topological polar surface area (TPSA) is 31.4 Å². The Morgan fingerprint density at radius 3 is 2.47 bits per heavy atom. The van der Waals surface area contributed by atoms with Crippen molar-refractivity contribution in [3.63, 3.8) is 0 Å². The third kappa shape index (κ3) is 3.77. The molecule has 86 valence electrons. The minimum atomic E-state index is -4.23. The lowest BCUT2D eigenvalue weighted by molar-refractivity contribution is -0.127. The van der Waals surface area contributed by atoms with Crippen molar-refractivity contribution >= 4 is 11.3 Å². The van der Waals surface area contributed by atoms with E-state index in [9.17, 15) is 13.2 Å². The summed E-state index contributed by atoms with van der Waals surface area (Å²) in [6.45, 7) is 0. The second-order valence-electron chi connectivity index (χ2n) is 2.76. The highest BCUT2D eigenvalue weighted by atomic mass is 32.1. The molecule has 0 aromatic carbocycles. The minimum absolute atomic E-state index is 0.0107. The molecule has 0 atom stereocenters. The normalized spacial score (nSPS) is 12.4. The van der Waals surface area contributed by atoms with Gasteiger partial charge in [-0.25, -0.2) is 4.98 Å². The van der Waals surface area contributed by atoms with Crippen molar-refractivity contribution in [3.8, 4) is 0 Å². The minimum Gasteiger partial charge on any atom is -0.350 e. The Balaban J connectivity index is 2.71. The standard InChI is InChI=1S/C8H10F3NO2S/c1-13-7(14-2)5-4-15-6(12-5)3-8(9,10)11/h4,7H,3H2,1-2H3. The maximum Gasteiger partial charge on any atom is 0.395 e. The molecule has 0 aliphatic heterocycles. The van der Waals surface area contributed by atoms with Crippen LogP contribution in [0, 0.1) is 0 Å². The number of hydrogen-bond donors (Lipinski definition) is 0. The second-order valence-corrected chi connectivity index (χ2v) is 3.70. The van der Waals surface area contributed by atoms with Crippen molar-refractivity contribution in [2.24, 2.45) is 0 Å². The summed E-state index contributed by atoms with van der Waals surface area (Å²) in [5.41, 5.74) is 0.365. The molecule has 0 radical (unpaired) electrons. The lowest BCUT2D eigenvalue weighted by atomic mass is 10.4. The zero-order valence-corrected chi connectivity index (χ0v) is 8.98. The van der Waals surface area contributed by atoms with E-state index in [0.717, 1.165) is 11.3 Å². The van der Waals surface area contributed by atoms with Crippen LogP contribution < -0.4 is 0 Å². The number of methoxy groups -OCH3 is 2. The summed E-state index contributed by atoms with van der Waals surface area (Å²) >= 11 is 0.944. The molecule has 0 spiro atoms. The number of halogens is 3. The first-order valence-electron chi connectivity index (χ1n) is 4.03. The van der Waals surface area contributed by atoms with E-state index in [1.54, 1.807) is 0 Å². The lowest BCUT2D eigenvalue weighted by Crippen LogP contribution is -2.11. The molecule has 0 aliphatic carbocycles. The highest BCUT2D eigenvalue weighted by Crippen LogP contribution is 2.26. The summed E-state index contributed by atoms with van der Waals surface area (Å²) in [5.74, 6) is 0. The molecule has 1 aromatic rings. The highest BCUT2D eigenvalue weighted by molar-refractivity contribution is 7.09. The first kappa shape index (κ1) is 12.4. The maximum absolute atomic E-state index is 12.0. The molecule has 0 bridgehead atoms. The molecule has 0 unspecified atom stereocenters. The summed E-state index contributed by atoms with van der Waals surface area (Å²) < 4.78 is 45.8. The van der Waals surface area contributed by atoms with E-state index in [1.807, 2.05) is 0 Å². The van der Waals surface area contributed by atoms with Crippen LogP contribution in [0.15, 0.2) is 5.38 Å². The van der Waals surface area contributed by atoms with Crippen LogP contribution in [0.1, 0.15) is 17.0 Å². The van der Waals surface area contributed by atoms with E-state index in [1.165, 1.54) is 19.6 Å². The van der Waals surface area contributed by atoms with Gasteiger partial charge in [0.05, 0.1) is 6.42 Å². The van der Waals surface area contributed by atoms with Crippen LogP contribution in [0.3, 0.4) is 0 Å². The molecule has 0 fully saturated rings. The third-order valence-corrected chi connectivity index (χ3v) is 2.46. The van der Waals surface area contributed by atoms with Gasteiger partial charge in [-0.05, 0) is 0 Å². The second kappa shape index (κ2) is 4.91. The molecule has 15 heavy (non-hydrogen) atoms. The molecule has 1 heterocycles. The van der Waals surface area contributed by atoms with Crippen LogP contribution in [0.5, 0.6) is 0 Å². The molecule has 1 rings (SSSR count). The van der Waals surface area contributed by atoms with Crippen LogP contribution in [0.2, 0.25) is 0 Å². The SMILES string of the molecule is COC(OC)c1csc(CC(F)(F)F)n1. The highest BCUT2D eigenvalue weighted by Gasteiger charge is 2.29. The monoisotopic (exact) mass is 241 g/mol. The maximum atomic E-state index is 12.0. The molecular formula is C8H10F3NO2S. The molecule has 7 heteroatoms. The zero-order chi connectivity index (χ0) is 11.5. The summed E-state index contributed by atoms with van der Waals surface area (Å²) in [6, 6.07) is 0. The number of ether oxygens (including phenoxy) is 2. The van der Waals surface area contributed by atoms with E-state index in [4.69, 9.17) is 9.47 Å². The molecule has 3 nitrogen and oxygen atoms in total. The van der Waals surface area contributed by atoms with Gasteiger partial charge in [-0.15, -0.1) is 11.3 Å². The Hall–Kier alpha value is -0.660. The van der Waals surface area contributed by atoms with Gasteiger partial charge in [-0.2, -0.15) is 13.2 Å². The van der Waals surface area contributed by atoms with Crippen molar-refractivity contribution in [1.29, 1.82) is 0 Å². The lowest BCUT2D eigenvalue weighted by Gasteiger charge is -2.09. The largest absolute Gasteiger partial charge is 0.395 e. The van der Waals surface area contributed by atoms with E-state index in [2.05, 4.69) is 4.98 Å². The molecule has 0 saturated heterocycles. The van der Waals surface area contributed by atoms with Gasteiger partial charge in [0.2, 0.25) is 6.29 Å². The van der Waals surface area contributed by atoms with E-state index in [0.29, 0.717) is 5.69 Å². The van der Waals surface area contributed by atoms with Gasteiger partial charge in [0.25, 0.3) is 0 Å². The van der Waals surface area contributed by atoms with E-state index in [-0.39, 0.29) is 5.01 Å². The van der Waals surface area contributed by atoms with Gasteiger partial charge in [0, 0.05) is 19.6 Å². The predicted molar refractivity (Wildman–Crippen MR) is 48.6 cm³/mol. The molecule has 1 aromatic heterocycles. The van der Waals surface area contributed by atoms with Crippen molar-refractivity contribution in [3.05, 3.63) is 16.1 Å². The fourth-order valence-corrected chi connectivity index (χ4v) is 1.85. The van der Waals surface area contributed by atoms with Crippen molar-refractivity contribution in [2.45, 2.75) is 18.9 Å². The Morgan fingerprint density at radius 1 is 1.40 bits per heavy atom. The summed E-state index contributed by atoms with van der Waals surface area (Å²) in [5, 5.41) is 1.51. The van der Waals surface area contributed by atoms with Crippen LogP contribution >= 0.6 is 11.3 Å². The van der Waals surface area contributed by atoms with E-state index >= 15 is 0 Å². The van der Waals surface area contributed by atoms with Gasteiger partial charge < -0.3 is 9.47 Å². The van der Waals surface area contributed by atoms with Crippen molar-refractivity contribution in [1.82, 2.24) is 4.98 Å². The predicted octanol–water partition coefficient (Wildman–Crippen LogP) is 2.54. The Bertz CT molecular complexity index is 309. The van der Waals surface area contributed by atoms with Gasteiger partial charge in [0.1, 0.15) is 10.7 Å². The van der Waals surface area contributed by atoms with Crippen LogP contribution in [-0.2, 0) is 15.9 Å². The molecule has 0 N–H and O–H groups in total. The Labute approximate surface area is 88.8 Å². The third-order valence-electron chi connectivity index (χ3n) is 1.59. The van der Waals surface area contributed by atoms with Gasteiger partial charge in [0.15, 0.2) is 0 Å². The van der Waals surface area contributed by atoms with Crippen molar-refractivity contribution < 1.29 is 22.6 Å². The fraction of sp³-hybridized carbons (Fsp3) is 0.625. The van der Waals surface area contributed by atoms with Crippen LogP contribution in [0.25, 0.3) is 0 Å². The van der Waals surface area contributed by atoms with E-state index < -0.39 is 18.9 Å². The number of aromatic nitrogens is 1. The van der Waals surface area contributed by atoms with Gasteiger partial charge in [-0.3, -0.25) is 0 Å². The number of alkyl halides is 3. The van der Waals surface area contributed by atoms with Crippen LogP contribution in [0.4, 0.5) is 13.2 Å². The van der Waals surface area contributed by atoms with Gasteiger partial charge >= 0.3 is 6.18 Å². The van der Waals surface area contributed by atoms with Crippen molar-refractivity contribution in [2.75, 3.05) is 14.2 Å². The average Bonchev–Trinajstić information content (AvgIpc) is 2.52.